The van der Waals surface area contributed by atoms with Crippen LogP contribution in [0.3, 0.4) is 0 Å². The van der Waals surface area contributed by atoms with E-state index in [0.717, 1.165) is 0 Å². The number of rotatable bonds is 4. The van der Waals surface area contributed by atoms with Gasteiger partial charge in [-0.2, -0.15) is 0 Å². The number of amides is 1. The molecule has 1 amide bonds. The van der Waals surface area contributed by atoms with Crippen molar-refractivity contribution in [1.82, 2.24) is 0 Å². The Bertz CT molecular complexity index is 382. The van der Waals surface area contributed by atoms with Gasteiger partial charge in [0.05, 0.1) is 10.6 Å². The molecule has 0 aliphatic heterocycles. The standard InChI is InChI=1S/C11H13BrFNO2/c1-7(15)2-5-11(16)14-8-3-4-10(13)9(12)6-8/h3-4,6-7,15H,2,5H2,1H3,(H,14,16). The average Bonchev–Trinajstić information content (AvgIpc) is 2.21. The summed E-state index contributed by atoms with van der Waals surface area (Å²) in [6.07, 6.45) is 0.159. The lowest BCUT2D eigenvalue weighted by Crippen LogP contribution is -2.14. The second kappa shape index (κ2) is 5.96. The first-order valence-corrected chi connectivity index (χ1v) is 5.71. The lowest BCUT2D eigenvalue weighted by atomic mass is 10.2. The van der Waals surface area contributed by atoms with Crippen molar-refractivity contribution < 1.29 is 14.3 Å². The average molecular weight is 290 g/mol. The topological polar surface area (TPSA) is 49.3 Å². The van der Waals surface area contributed by atoms with Gasteiger partial charge in [-0.3, -0.25) is 4.79 Å². The Kier molecular flexibility index (Phi) is 4.89. The van der Waals surface area contributed by atoms with Crippen molar-refractivity contribution in [2.24, 2.45) is 0 Å². The minimum absolute atomic E-state index is 0.195. The van der Waals surface area contributed by atoms with Gasteiger partial charge in [-0.15, -0.1) is 0 Å². The smallest absolute Gasteiger partial charge is 0.224 e. The van der Waals surface area contributed by atoms with E-state index in [9.17, 15) is 9.18 Å². The van der Waals surface area contributed by atoms with Crippen LogP contribution in [0.25, 0.3) is 0 Å². The van der Waals surface area contributed by atoms with Crippen LogP contribution in [0.4, 0.5) is 10.1 Å². The highest BCUT2D eigenvalue weighted by Crippen LogP contribution is 2.20. The highest BCUT2D eigenvalue weighted by Gasteiger charge is 2.06. The number of aliphatic hydroxyl groups excluding tert-OH is 1. The van der Waals surface area contributed by atoms with E-state index < -0.39 is 6.10 Å². The molecule has 88 valence electrons. The summed E-state index contributed by atoms with van der Waals surface area (Å²) in [5.41, 5.74) is 0.531. The molecular weight excluding hydrogens is 277 g/mol. The van der Waals surface area contributed by atoms with Crippen LogP contribution in [0.15, 0.2) is 22.7 Å². The second-order valence-corrected chi connectivity index (χ2v) is 4.42. The molecule has 1 atom stereocenters. The fourth-order valence-electron chi connectivity index (χ4n) is 1.14. The molecule has 1 aromatic carbocycles. The Hall–Kier alpha value is -0.940. The van der Waals surface area contributed by atoms with Gasteiger partial charge in [-0.05, 0) is 47.5 Å². The number of aliphatic hydroxyl groups is 1. The zero-order valence-corrected chi connectivity index (χ0v) is 10.4. The van der Waals surface area contributed by atoms with Crippen LogP contribution in [0, 0.1) is 5.82 Å². The normalized spacial score (nSPS) is 12.2. The third-order valence-corrected chi connectivity index (χ3v) is 2.60. The summed E-state index contributed by atoms with van der Waals surface area (Å²) in [7, 11) is 0. The Balaban J connectivity index is 2.53. The maximum absolute atomic E-state index is 12.9. The van der Waals surface area contributed by atoms with Crippen LogP contribution < -0.4 is 5.32 Å². The van der Waals surface area contributed by atoms with Gasteiger partial charge in [0.15, 0.2) is 0 Å². The molecule has 5 heteroatoms. The van der Waals surface area contributed by atoms with Gasteiger partial charge in [0.2, 0.25) is 5.91 Å². The molecule has 0 spiro atoms. The van der Waals surface area contributed by atoms with Gasteiger partial charge in [-0.25, -0.2) is 4.39 Å². The highest BCUT2D eigenvalue weighted by molar-refractivity contribution is 9.10. The van der Waals surface area contributed by atoms with E-state index in [1.165, 1.54) is 18.2 Å². The first-order valence-electron chi connectivity index (χ1n) is 4.92. The molecule has 1 rings (SSSR count). The van der Waals surface area contributed by atoms with Crippen molar-refractivity contribution in [1.29, 1.82) is 0 Å². The molecule has 2 N–H and O–H groups in total. The molecule has 1 unspecified atom stereocenters. The van der Waals surface area contributed by atoms with Crippen molar-refractivity contribution in [3.8, 4) is 0 Å². The number of halogens is 2. The molecule has 3 nitrogen and oxygen atoms in total. The number of benzene rings is 1. The minimum atomic E-state index is -0.495. The molecule has 0 aliphatic rings. The Morgan fingerprint density at radius 3 is 2.88 bits per heavy atom. The van der Waals surface area contributed by atoms with Gasteiger partial charge < -0.3 is 10.4 Å². The van der Waals surface area contributed by atoms with Gasteiger partial charge in [0, 0.05) is 12.1 Å². The van der Waals surface area contributed by atoms with Crippen molar-refractivity contribution in [2.75, 3.05) is 5.32 Å². The van der Waals surface area contributed by atoms with E-state index in [4.69, 9.17) is 5.11 Å². The third kappa shape index (κ3) is 4.28. The molecule has 0 radical (unpaired) electrons. The number of hydrogen-bond donors (Lipinski definition) is 2. The number of carbonyl (C=O) groups is 1. The summed E-state index contributed by atoms with van der Waals surface area (Å²) in [5, 5.41) is 11.6. The first kappa shape index (κ1) is 13.1. The zero-order chi connectivity index (χ0) is 12.1. The summed E-state index contributed by atoms with van der Waals surface area (Å²) in [6, 6.07) is 4.25. The molecule has 0 aromatic heterocycles. The molecule has 0 fully saturated rings. The van der Waals surface area contributed by atoms with Crippen LogP contribution >= 0.6 is 15.9 Å². The predicted octanol–water partition coefficient (Wildman–Crippen LogP) is 2.69. The van der Waals surface area contributed by atoms with Crippen LogP contribution in [-0.4, -0.2) is 17.1 Å². The van der Waals surface area contributed by atoms with E-state index in [1.807, 2.05) is 0 Å². The fraction of sp³-hybridized carbons (Fsp3) is 0.364. The van der Waals surface area contributed by atoms with Gasteiger partial charge in [0.25, 0.3) is 0 Å². The maximum Gasteiger partial charge on any atom is 0.224 e. The highest BCUT2D eigenvalue weighted by atomic mass is 79.9. The fourth-order valence-corrected chi connectivity index (χ4v) is 1.52. The third-order valence-electron chi connectivity index (χ3n) is 1.99. The summed E-state index contributed by atoms with van der Waals surface area (Å²) < 4.78 is 13.2. The van der Waals surface area contributed by atoms with E-state index in [0.29, 0.717) is 16.6 Å². The summed E-state index contributed by atoms with van der Waals surface area (Å²) in [6.45, 7) is 1.63. The lowest BCUT2D eigenvalue weighted by molar-refractivity contribution is -0.116. The molecule has 0 saturated carbocycles. The molecule has 0 bridgehead atoms. The molecule has 0 heterocycles. The summed E-state index contributed by atoms with van der Waals surface area (Å²) in [5.74, 6) is -0.568. The monoisotopic (exact) mass is 289 g/mol. The minimum Gasteiger partial charge on any atom is -0.393 e. The summed E-state index contributed by atoms with van der Waals surface area (Å²) >= 11 is 3.03. The van der Waals surface area contributed by atoms with E-state index in [-0.39, 0.29) is 18.1 Å². The molecule has 1 aromatic rings. The number of hydrogen-bond acceptors (Lipinski definition) is 2. The van der Waals surface area contributed by atoms with Crippen LogP contribution in [-0.2, 0) is 4.79 Å². The molecule has 0 aliphatic carbocycles. The van der Waals surface area contributed by atoms with Gasteiger partial charge in [0.1, 0.15) is 5.82 Å². The Labute approximate surface area is 102 Å². The van der Waals surface area contributed by atoms with Crippen molar-refractivity contribution in [3.05, 3.63) is 28.5 Å². The number of anilines is 1. The maximum atomic E-state index is 12.9. The Morgan fingerprint density at radius 2 is 2.31 bits per heavy atom. The quantitative estimate of drug-likeness (QED) is 0.895. The van der Waals surface area contributed by atoms with Crippen LogP contribution in [0.5, 0.6) is 0 Å². The predicted molar refractivity (Wildman–Crippen MR) is 63.6 cm³/mol. The second-order valence-electron chi connectivity index (χ2n) is 3.56. The van der Waals surface area contributed by atoms with Crippen molar-refractivity contribution in [3.63, 3.8) is 0 Å². The SMILES string of the molecule is CC(O)CCC(=O)Nc1ccc(F)c(Br)c1. The summed E-state index contributed by atoms with van der Waals surface area (Å²) in [4.78, 5) is 11.4. The molecule has 0 saturated heterocycles. The molecular formula is C11H13BrFNO2. The van der Waals surface area contributed by atoms with E-state index >= 15 is 0 Å². The zero-order valence-electron chi connectivity index (χ0n) is 8.84. The van der Waals surface area contributed by atoms with Crippen molar-refractivity contribution >= 4 is 27.5 Å². The van der Waals surface area contributed by atoms with E-state index in [1.54, 1.807) is 6.92 Å². The number of nitrogens with one attached hydrogen (secondary N) is 1. The van der Waals surface area contributed by atoms with Crippen LogP contribution in [0.1, 0.15) is 19.8 Å². The van der Waals surface area contributed by atoms with Crippen LogP contribution in [0.2, 0.25) is 0 Å². The van der Waals surface area contributed by atoms with E-state index in [2.05, 4.69) is 21.2 Å². The largest absolute Gasteiger partial charge is 0.393 e. The van der Waals surface area contributed by atoms with Gasteiger partial charge in [-0.1, -0.05) is 0 Å². The number of carbonyl (C=O) groups excluding carboxylic acids is 1. The molecule has 16 heavy (non-hydrogen) atoms. The lowest BCUT2D eigenvalue weighted by Gasteiger charge is -2.07. The van der Waals surface area contributed by atoms with Crippen molar-refractivity contribution in [2.45, 2.75) is 25.9 Å². The Morgan fingerprint density at radius 1 is 1.62 bits per heavy atom. The first-order chi connectivity index (χ1) is 7.49. The van der Waals surface area contributed by atoms with Gasteiger partial charge >= 0.3 is 0 Å².